The van der Waals surface area contributed by atoms with Gasteiger partial charge in [-0.15, -0.1) is 0 Å². The van der Waals surface area contributed by atoms with Gasteiger partial charge < -0.3 is 14.7 Å². The van der Waals surface area contributed by atoms with Crippen molar-refractivity contribution < 1.29 is 24.2 Å². The van der Waals surface area contributed by atoms with Crippen LogP contribution in [0.4, 0.5) is 0 Å². The van der Waals surface area contributed by atoms with Crippen LogP contribution >= 0.6 is 0 Å². The highest BCUT2D eigenvalue weighted by Crippen LogP contribution is 2.34. The van der Waals surface area contributed by atoms with Crippen LogP contribution in [0.2, 0.25) is 0 Å². The highest BCUT2D eigenvalue weighted by Gasteiger charge is 2.40. The zero-order valence-corrected chi connectivity index (χ0v) is 17.6. The molecule has 8 nitrogen and oxygen atoms in total. The number of fused-ring (bicyclic) bond motifs is 1. The van der Waals surface area contributed by atoms with Gasteiger partial charge >= 0.3 is 0 Å². The van der Waals surface area contributed by atoms with Crippen molar-refractivity contribution in [1.29, 1.82) is 0 Å². The number of aliphatic hydroxyl groups excluding tert-OH is 1. The molecule has 5 rings (SSSR count). The van der Waals surface area contributed by atoms with E-state index in [1.165, 1.54) is 0 Å². The Kier molecular flexibility index (Phi) is 5.44. The maximum Gasteiger partial charge on any atom is 0.255 e. The second kappa shape index (κ2) is 8.24. The molecule has 1 saturated carbocycles. The second-order valence-electron chi connectivity index (χ2n) is 9.14. The zero-order chi connectivity index (χ0) is 21.5. The number of piperidine rings is 2. The van der Waals surface area contributed by atoms with Gasteiger partial charge in [-0.1, -0.05) is 0 Å². The van der Waals surface area contributed by atoms with Crippen LogP contribution in [0.15, 0.2) is 18.2 Å². The van der Waals surface area contributed by atoms with E-state index in [9.17, 15) is 19.5 Å². The number of hydrogen-bond donors (Lipinski definition) is 2. The maximum absolute atomic E-state index is 12.9. The Bertz CT molecular complexity index is 895. The van der Waals surface area contributed by atoms with Crippen LogP contribution in [0, 0.1) is 0 Å². The number of ether oxygens (including phenoxy) is 1. The van der Waals surface area contributed by atoms with Gasteiger partial charge in [-0.25, -0.2) is 0 Å². The molecule has 4 aliphatic rings. The number of amides is 3. The Morgan fingerprint density at radius 1 is 1.03 bits per heavy atom. The number of aliphatic hydroxyl groups is 1. The maximum atomic E-state index is 12.9. The lowest BCUT2D eigenvalue weighted by molar-refractivity contribution is -0.136. The molecular formula is C23H29N3O5. The molecule has 8 heteroatoms. The molecule has 0 radical (unpaired) electrons. The number of imide groups is 1. The van der Waals surface area contributed by atoms with Crippen LogP contribution in [0.25, 0.3) is 0 Å². The SMILES string of the molecule is O=C1CCC(N2Cc3cc(O[C@H]4CCC[C@H]4N4CCC(O)CC4)ccc3C2=O)C(=O)N1. The quantitative estimate of drug-likeness (QED) is 0.701. The lowest BCUT2D eigenvalue weighted by Crippen LogP contribution is -2.52. The first-order valence-corrected chi connectivity index (χ1v) is 11.4. The van der Waals surface area contributed by atoms with Crippen molar-refractivity contribution in [2.24, 2.45) is 0 Å². The molecule has 2 N–H and O–H groups in total. The van der Waals surface area contributed by atoms with Crippen LogP contribution in [0.5, 0.6) is 5.75 Å². The fraction of sp³-hybridized carbons (Fsp3) is 0.609. The summed E-state index contributed by atoms with van der Waals surface area (Å²) in [6, 6.07) is 5.33. The monoisotopic (exact) mass is 427 g/mol. The van der Waals surface area contributed by atoms with E-state index in [-0.39, 0.29) is 30.4 Å². The first kappa shape index (κ1) is 20.5. The van der Waals surface area contributed by atoms with E-state index in [0.717, 1.165) is 56.5 Å². The number of carbonyl (C=O) groups excluding carboxylic acids is 3. The number of carbonyl (C=O) groups is 3. The lowest BCUT2D eigenvalue weighted by atomic mass is 10.0. The van der Waals surface area contributed by atoms with E-state index in [4.69, 9.17) is 4.74 Å². The standard InChI is InChI=1S/C23H29N3O5/c27-15-8-10-25(11-9-15)18-2-1-3-20(18)31-16-4-5-17-14(12-16)13-26(23(17)30)19-6-7-21(28)24-22(19)29/h4-5,12,15,18-20,27H,1-3,6-11,13H2,(H,24,28,29)/t18-,19?,20+/m1/s1. The summed E-state index contributed by atoms with van der Waals surface area (Å²) in [5.41, 5.74) is 1.47. The molecule has 3 atom stereocenters. The molecule has 1 unspecified atom stereocenters. The Labute approximate surface area is 181 Å². The molecule has 166 valence electrons. The topological polar surface area (TPSA) is 99.2 Å². The molecule has 0 bridgehead atoms. The minimum absolute atomic E-state index is 0.108. The number of rotatable bonds is 4. The smallest absolute Gasteiger partial charge is 0.255 e. The molecule has 0 spiro atoms. The third-order valence-corrected chi connectivity index (χ3v) is 7.17. The van der Waals surface area contributed by atoms with Crippen molar-refractivity contribution in [1.82, 2.24) is 15.1 Å². The van der Waals surface area contributed by atoms with Gasteiger partial charge in [-0.3, -0.25) is 24.6 Å². The molecular weight excluding hydrogens is 398 g/mol. The van der Waals surface area contributed by atoms with Crippen molar-refractivity contribution in [3.63, 3.8) is 0 Å². The molecule has 2 saturated heterocycles. The molecule has 3 fully saturated rings. The molecule has 1 aromatic rings. The van der Waals surface area contributed by atoms with Gasteiger partial charge in [0.05, 0.1) is 6.10 Å². The van der Waals surface area contributed by atoms with Gasteiger partial charge in [-0.05, 0) is 62.3 Å². The van der Waals surface area contributed by atoms with E-state index < -0.39 is 11.9 Å². The van der Waals surface area contributed by atoms with E-state index in [1.807, 2.05) is 12.1 Å². The van der Waals surface area contributed by atoms with Crippen molar-refractivity contribution in [2.75, 3.05) is 13.1 Å². The van der Waals surface area contributed by atoms with Crippen LogP contribution in [-0.4, -0.2) is 70.0 Å². The average molecular weight is 428 g/mol. The molecule has 0 aromatic heterocycles. The van der Waals surface area contributed by atoms with E-state index >= 15 is 0 Å². The minimum Gasteiger partial charge on any atom is -0.489 e. The summed E-state index contributed by atoms with van der Waals surface area (Å²) in [6.07, 6.45) is 5.41. The Morgan fingerprint density at radius 3 is 2.61 bits per heavy atom. The van der Waals surface area contributed by atoms with Crippen LogP contribution in [0.1, 0.15) is 60.9 Å². The van der Waals surface area contributed by atoms with Gasteiger partial charge in [0.25, 0.3) is 5.91 Å². The van der Waals surface area contributed by atoms with Crippen molar-refractivity contribution in [2.45, 2.75) is 75.8 Å². The summed E-state index contributed by atoms with van der Waals surface area (Å²) < 4.78 is 6.39. The summed E-state index contributed by atoms with van der Waals surface area (Å²) in [5.74, 6) is -0.0861. The minimum atomic E-state index is -0.601. The van der Waals surface area contributed by atoms with Gasteiger partial charge in [0.2, 0.25) is 11.8 Å². The summed E-state index contributed by atoms with van der Waals surface area (Å²) in [6.45, 7) is 2.17. The summed E-state index contributed by atoms with van der Waals surface area (Å²) in [5, 5.41) is 12.1. The Balaban J connectivity index is 1.27. The first-order chi connectivity index (χ1) is 15.0. The zero-order valence-electron chi connectivity index (χ0n) is 17.6. The summed E-state index contributed by atoms with van der Waals surface area (Å²) in [7, 11) is 0. The molecule has 3 amide bonds. The highest BCUT2D eigenvalue weighted by molar-refractivity contribution is 6.05. The summed E-state index contributed by atoms with van der Waals surface area (Å²) >= 11 is 0. The fourth-order valence-corrected chi connectivity index (χ4v) is 5.48. The first-order valence-electron chi connectivity index (χ1n) is 11.4. The average Bonchev–Trinajstić information content (AvgIpc) is 3.33. The Hall–Kier alpha value is -2.45. The fourth-order valence-electron chi connectivity index (χ4n) is 5.48. The second-order valence-corrected chi connectivity index (χ2v) is 9.14. The molecule has 1 aromatic carbocycles. The van der Waals surface area contributed by atoms with E-state index in [0.29, 0.717) is 24.6 Å². The summed E-state index contributed by atoms with van der Waals surface area (Å²) in [4.78, 5) is 40.5. The molecule has 31 heavy (non-hydrogen) atoms. The van der Waals surface area contributed by atoms with Gasteiger partial charge in [0.15, 0.2) is 0 Å². The highest BCUT2D eigenvalue weighted by atomic mass is 16.5. The number of likely N-dealkylation sites (tertiary alicyclic amines) is 1. The number of hydrogen-bond acceptors (Lipinski definition) is 6. The van der Waals surface area contributed by atoms with Crippen molar-refractivity contribution in [3.8, 4) is 5.75 Å². The third kappa shape index (κ3) is 3.94. The lowest BCUT2D eigenvalue weighted by Gasteiger charge is -2.37. The normalized spacial score (nSPS) is 29.9. The van der Waals surface area contributed by atoms with Crippen LogP contribution in [0.3, 0.4) is 0 Å². The van der Waals surface area contributed by atoms with Gasteiger partial charge in [-0.2, -0.15) is 0 Å². The third-order valence-electron chi connectivity index (χ3n) is 7.17. The molecule has 1 aliphatic carbocycles. The molecule has 3 aliphatic heterocycles. The van der Waals surface area contributed by atoms with E-state index in [2.05, 4.69) is 10.2 Å². The van der Waals surface area contributed by atoms with E-state index in [1.54, 1.807) is 11.0 Å². The van der Waals surface area contributed by atoms with Gasteiger partial charge in [0, 0.05) is 37.7 Å². The number of nitrogens with zero attached hydrogens (tertiary/aromatic N) is 2. The largest absolute Gasteiger partial charge is 0.489 e. The Morgan fingerprint density at radius 2 is 1.84 bits per heavy atom. The molecule has 3 heterocycles. The van der Waals surface area contributed by atoms with Crippen molar-refractivity contribution >= 4 is 17.7 Å². The predicted molar refractivity (Wildman–Crippen MR) is 111 cm³/mol. The number of benzene rings is 1. The predicted octanol–water partition coefficient (Wildman–Crippen LogP) is 1.20. The van der Waals surface area contributed by atoms with Gasteiger partial charge in [0.1, 0.15) is 17.9 Å². The van der Waals surface area contributed by atoms with Crippen molar-refractivity contribution in [3.05, 3.63) is 29.3 Å². The number of nitrogens with one attached hydrogen (secondary N) is 1. The van der Waals surface area contributed by atoms with Crippen LogP contribution in [-0.2, 0) is 16.1 Å². The van der Waals surface area contributed by atoms with Crippen LogP contribution < -0.4 is 10.1 Å².